The number of nitrogens with zero attached hydrogens (tertiary/aromatic N) is 3. The SMILES string of the molecule is C[n+]1ccccc1-n1c(=O)sc2ccc[n+](C)c21. The molecular formula is C13H13N3OS+2. The van der Waals surface area contributed by atoms with Crippen molar-refractivity contribution in [1.82, 2.24) is 4.57 Å². The summed E-state index contributed by atoms with van der Waals surface area (Å²) in [5.74, 6) is 0.871. The Morgan fingerprint density at radius 1 is 1.06 bits per heavy atom. The van der Waals surface area contributed by atoms with Gasteiger partial charge in [-0.05, 0) is 29.5 Å². The van der Waals surface area contributed by atoms with Gasteiger partial charge in [0.1, 0.15) is 4.70 Å². The first kappa shape index (κ1) is 11.1. The zero-order valence-electron chi connectivity index (χ0n) is 10.2. The van der Waals surface area contributed by atoms with Crippen LogP contribution < -0.4 is 14.0 Å². The summed E-state index contributed by atoms with van der Waals surface area (Å²) in [6.07, 6.45) is 3.89. The number of hydrogen-bond acceptors (Lipinski definition) is 2. The molecule has 0 aliphatic rings. The smallest absolute Gasteiger partial charge is 0.236 e. The van der Waals surface area contributed by atoms with Crippen LogP contribution in [0.5, 0.6) is 0 Å². The van der Waals surface area contributed by atoms with E-state index in [0.29, 0.717) is 0 Å². The lowest BCUT2D eigenvalue weighted by atomic mass is 10.4. The second-order valence-electron chi connectivity index (χ2n) is 4.18. The molecule has 3 aromatic rings. The Kier molecular flexibility index (Phi) is 2.48. The highest BCUT2D eigenvalue weighted by atomic mass is 32.1. The predicted molar refractivity (Wildman–Crippen MR) is 69.8 cm³/mol. The minimum absolute atomic E-state index is 0.0357. The van der Waals surface area contributed by atoms with Crippen molar-refractivity contribution in [2.24, 2.45) is 14.1 Å². The average Bonchev–Trinajstić information content (AvgIpc) is 2.68. The lowest BCUT2D eigenvalue weighted by molar-refractivity contribution is -0.669. The normalized spacial score (nSPS) is 11.0. The number of fused-ring (bicyclic) bond motifs is 1. The zero-order valence-corrected chi connectivity index (χ0v) is 11.0. The number of rotatable bonds is 1. The van der Waals surface area contributed by atoms with Crippen LogP contribution in [0.4, 0.5) is 0 Å². The lowest BCUT2D eigenvalue weighted by Gasteiger charge is -2.00. The third kappa shape index (κ3) is 1.55. The Bertz CT molecular complexity index is 788. The third-order valence-corrected chi connectivity index (χ3v) is 3.86. The monoisotopic (exact) mass is 259 g/mol. The number of thiazole rings is 1. The summed E-state index contributed by atoms with van der Waals surface area (Å²) in [5, 5.41) is 0. The molecule has 0 radical (unpaired) electrons. The minimum atomic E-state index is 0.0357. The highest BCUT2D eigenvalue weighted by Crippen LogP contribution is 2.15. The van der Waals surface area contributed by atoms with Crippen LogP contribution in [0.15, 0.2) is 47.5 Å². The van der Waals surface area contributed by atoms with Gasteiger partial charge >= 0.3 is 10.5 Å². The minimum Gasteiger partial charge on any atom is -0.236 e. The van der Waals surface area contributed by atoms with Gasteiger partial charge in [-0.1, -0.05) is 6.07 Å². The Morgan fingerprint density at radius 2 is 1.83 bits per heavy atom. The molecule has 0 N–H and O–H groups in total. The molecule has 0 aliphatic carbocycles. The Balaban J connectivity index is 2.47. The fourth-order valence-corrected chi connectivity index (χ4v) is 3.03. The fraction of sp³-hybridized carbons (Fsp3) is 0.154. The number of aromatic nitrogens is 3. The van der Waals surface area contributed by atoms with Crippen LogP contribution in [0.2, 0.25) is 0 Å². The molecule has 0 saturated heterocycles. The van der Waals surface area contributed by atoms with Gasteiger partial charge in [-0.2, -0.15) is 0 Å². The molecule has 0 bridgehead atoms. The van der Waals surface area contributed by atoms with E-state index >= 15 is 0 Å². The van der Waals surface area contributed by atoms with E-state index in [1.165, 1.54) is 11.3 Å². The molecular weight excluding hydrogens is 246 g/mol. The molecule has 4 nitrogen and oxygen atoms in total. The van der Waals surface area contributed by atoms with E-state index in [9.17, 15) is 4.79 Å². The summed E-state index contributed by atoms with van der Waals surface area (Å²) >= 11 is 1.27. The molecule has 3 rings (SSSR count). The van der Waals surface area contributed by atoms with E-state index in [0.717, 1.165) is 16.2 Å². The topological polar surface area (TPSA) is 29.8 Å². The first-order valence-electron chi connectivity index (χ1n) is 5.64. The van der Waals surface area contributed by atoms with Gasteiger partial charge in [-0.15, -0.1) is 4.57 Å². The second-order valence-corrected chi connectivity index (χ2v) is 5.17. The zero-order chi connectivity index (χ0) is 12.7. The standard InChI is InChI=1S/C13H13N3OS/c1-14-8-4-3-7-11(14)16-12-10(18-13(16)17)6-5-9-15(12)2/h3-9H,1-2H3/q+2. The van der Waals surface area contributed by atoms with Crippen LogP contribution in [-0.2, 0) is 14.1 Å². The van der Waals surface area contributed by atoms with Gasteiger partial charge in [0.2, 0.25) is 0 Å². The van der Waals surface area contributed by atoms with Gasteiger partial charge in [0.25, 0.3) is 5.82 Å². The van der Waals surface area contributed by atoms with Crippen molar-refractivity contribution in [3.05, 3.63) is 52.4 Å². The molecule has 3 aromatic heterocycles. The molecule has 0 atom stereocenters. The molecule has 0 saturated carbocycles. The summed E-state index contributed by atoms with van der Waals surface area (Å²) in [6, 6.07) is 9.76. The van der Waals surface area contributed by atoms with Crippen LogP contribution in [0.1, 0.15) is 0 Å². The van der Waals surface area contributed by atoms with Crippen molar-refractivity contribution in [2.45, 2.75) is 0 Å². The van der Waals surface area contributed by atoms with E-state index < -0.39 is 0 Å². The Hall–Kier alpha value is -2.01. The third-order valence-electron chi connectivity index (χ3n) is 2.96. The average molecular weight is 259 g/mol. The first-order valence-corrected chi connectivity index (χ1v) is 6.45. The van der Waals surface area contributed by atoms with Gasteiger partial charge in [-0.25, -0.2) is 13.9 Å². The van der Waals surface area contributed by atoms with Crippen molar-refractivity contribution >= 4 is 21.7 Å². The molecule has 0 unspecified atom stereocenters. The van der Waals surface area contributed by atoms with Crippen molar-refractivity contribution in [2.75, 3.05) is 0 Å². The van der Waals surface area contributed by atoms with Crippen molar-refractivity contribution in [1.29, 1.82) is 0 Å². The van der Waals surface area contributed by atoms with Crippen molar-refractivity contribution in [3.63, 3.8) is 0 Å². The molecule has 0 amide bonds. The van der Waals surface area contributed by atoms with Crippen molar-refractivity contribution in [3.8, 4) is 5.82 Å². The van der Waals surface area contributed by atoms with Gasteiger partial charge in [0, 0.05) is 6.07 Å². The predicted octanol–water partition coefficient (Wildman–Crippen LogP) is 0.701. The van der Waals surface area contributed by atoms with Crippen LogP contribution >= 0.6 is 11.3 Å². The van der Waals surface area contributed by atoms with Gasteiger partial charge in [-0.3, -0.25) is 0 Å². The van der Waals surface area contributed by atoms with Gasteiger partial charge < -0.3 is 0 Å². The molecule has 18 heavy (non-hydrogen) atoms. The highest BCUT2D eigenvalue weighted by molar-refractivity contribution is 7.16. The first-order chi connectivity index (χ1) is 8.68. The summed E-state index contributed by atoms with van der Waals surface area (Å²) < 4.78 is 6.66. The summed E-state index contributed by atoms with van der Waals surface area (Å²) in [7, 11) is 3.89. The lowest BCUT2D eigenvalue weighted by Crippen LogP contribution is -2.39. The molecule has 5 heteroatoms. The molecule has 0 aliphatic heterocycles. The molecule has 0 aromatic carbocycles. The van der Waals surface area contributed by atoms with E-state index in [1.54, 1.807) is 4.57 Å². The summed E-state index contributed by atoms with van der Waals surface area (Å²) in [6.45, 7) is 0. The van der Waals surface area contributed by atoms with E-state index in [-0.39, 0.29) is 4.87 Å². The van der Waals surface area contributed by atoms with Crippen molar-refractivity contribution < 1.29 is 9.13 Å². The van der Waals surface area contributed by atoms with Gasteiger partial charge in [0.15, 0.2) is 0 Å². The molecule has 0 fully saturated rings. The summed E-state index contributed by atoms with van der Waals surface area (Å²) in [4.78, 5) is 12.2. The number of hydrogen-bond donors (Lipinski definition) is 0. The quantitative estimate of drug-likeness (QED) is 0.592. The van der Waals surface area contributed by atoms with E-state index in [2.05, 4.69) is 0 Å². The number of pyridine rings is 2. The molecule has 90 valence electrons. The maximum absolute atomic E-state index is 12.2. The van der Waals surface area contributed by atoms with E-state index in [4.69, 9.17) is 0 Å². The summed E-state index contributed by atoms with van der Waals surface area (Å²) in [5.41, 5.74) is 0.925. The fourth-order valence-electron chi connectivity index (χ4n) is 2.10. The second kappa shape index (κ2) is 4.03. The highest BCUT2D eigenvalue weighted by Gasteiger charge is 2.22. The van der Waals surface area contributed by atoms with E-state index in [1.807, 2.05) is 66.0 Å². The van der Waals surface area contributed by atoms with Crippen LogP contribution in [-0.4, -0.2) is 4.57 Å². The van der Waals surface area contributed by atoms with Crippen LogP contribution in [0, 0.1) is 0 Å². The largest absolute Gasteiger partial charge is 0.400 e. The van der Waals surface area contributed by atoms with Gasteiger partial charge in [0.05, 0.1) is 26.5 Å². The maximum atomic E-state index is 12.2. The number of aryl methyl sites for hydroxylation is 2. The Morgan fingerprint density at radius 3 is 2.61 bits per heavy atom. The van der Waals surface area contributed by atoms with Crippen LogP contribution in [0.3, 0.4) is 0 Å². The Labute approximate surface area is 108 Å². The molecule has 3 heterocycles. The van der Waals surface area contributed by atoms with Crippen LogP contribution in [0.25, 0.3) is 16.2 Å². The maximum Gasteiger partial charge on any atom is 0.400 e. The molecule has 0 spiro atoms.